The van der Waals surface area contributed by atoms with Gasteiger partial charge >= 0.3 is 0 Å². The van der Waals surface area contributed by atoms with Crippen LogP contribution in [-0.4, -0.2) is 52.1 Å². The lowest BCUT2D eigenvalue weighted by Gasteiger charge is -2.26. The number of H-pyrrole nitrogens is 1. The highest BCUT2D eigenvalue weighted by atomic mass is 16.5. The van der Waals surface area contributed by atoms with Gasteiger partial charge in [0.15, 0.2) is 0 Å². The molecule has 7 nitrogen and oxygen atoms in total. The van der Waals surface area contributed by atoms with Crippen LogP contribution in [-0.2, 0) is 11.3 Å². The Kier molecular flexibility index (Phi) is 4.77. The molecule has 4 rings (SSSR count). The van der Waals surface area contributed by atoms with Crippen molar-refractivity contribution in [1.29, 1.82) is 0 Å². The molecule has 1 aliphatic heterocycles. The molecular formula is C20H23N5O2. The summed E-state index contributed by atoms with van der Waals surface area (Å²) in [5.41, 5.74) is 5.11. The first-order valence-electron chi connectivity index (χ1n) is 9.12. The van der Waals surface area contributed by atoms with E-state index in [0.29, 0.717) is 44.4 Å². The number of anilines is 1. The zero-order valence-electron chi connectivity index (χ0n) is 15.6. The first kappa shape index (κ1) is 17.5. The van der Waals surface area contributed by atoms with E-state index in [1.54, 1.807) is 11.1 Å². The van der Waals surface area contributed by atoms with E-state index >= 15 is 0 Å². The van der Waals surface area contributed by atoms with Crippen molar-refractivity contribution in [2.75, 3.05) is 31.6 Å². The van der Waals surface area contributed by atoms with Crippen molar-refractivity contribution in [2.45, 2.75) is 20.4 Å². The fourth-order valence-electron chi connectivity index (χ4n) is 3.29. The summed E-state index contributed by atoms with van der Waals surface area (Å²) in [6.45, 7) is 7.14. The molecule has 7 heteroatoms. The number of nitrogens with zero attached hydrogens (tertiary/aromatic N) is 3. The minimum Gasteiger partial charge on any atom is -0.378 e. The lowest BCUT2D eigenvalue weighted by molar-refractivity contribution is 0.0299. The normalized spacial score (nSPS) is 14.5. The smallest absolute Gasteiger partial charge is 0.274 e. The summed E-state index contributed by atoms with van der Waals surface area (Å²) in [7, 11) is 0. The number of amides is 1. The third-order valence-electron chi connectivity index (χ3n) is 5.00. The lowest BCUT2D eigenvalue weighted by Crippen LogP contribution is -2.41. The van der Waals surface area contributed by atoms with Crippen LogP contribution in [0.25, 0.3) is 10.9 Å². The van der Waals surface area contributed by atoms with Gasteiger partial charge in [-0.15, -0.1) is 0 Å². The fraction of sp³-hybridized carbons (Fsp3) is 0.350. The van der Waals surface area contributed by atoms with Gasteiger partial charge in [-0.25, -0.2) is 4.98 Å². The Morgan fingerprint density at radius 3 is 2.89 bits per heavy atom. The molecule has 1 aromatic carbocycles. The molecular weight excluding hydrogens is 342 g/mol. The van der Waals surface area contributed by atoms with Gasteiger partial charge in [-0.1, -0.05) is 6.07 Å². The van der Waals surface area contributed by atoms with Gasteiger partial charge in [0.25, 0.3) is 5.91 Å². The van der Waals surface area contributed by atoms with E-state index < -0.39 is 0 Å². The number of morpholine rings is 1. The third kappa shape index (κ3) is 3.64. The highest BCUT2D eigenvalue weighted by Crippen LogP contribution is 2.22. The van der Waals surface area contributed by atoms with Crippen molar-refractivity contribution in [3.63, 3.8) is 0 Å². The zero-order valence-corrected chi connectivity index (χ0v) is 15.6. The quantitative estimate of drug-likeness (QED) is 0.743. The van der Waals surface area contributed by atoms with Gasteiger partial charge in [0.05, 0.1) is 25.6 Å². The Morgan fingerprint density at radius 1 is 1.26 bits per heavy atom. The summed E-state index contributed by atoms with van der Waals surface area (Å²) in [6, 6.07) is 6.36. The second kappa shape index (κ2) is 7.36. The summed E-state index contributed by atoms with van der Waals surface area (Å²) in [5.74, 6) is 0.491. The zero-order chi connectivity index (χ0) is 18.8. The van der Waals surface area contributed by atoms with Gasteiger partial charge in [0.2, 0.25) is 0 Å². The molecule has 2 aromatic heterocycles. The molecule has 0 atom stereocenters. The fourth-order valence-corrected chi connectivity index (χ4v) is 3.29. The molecule has 1 aliphatic rings. The molecule has 0 saturated carbocycles. The number of nitrogens with one attached hydrogen (secondary N) is 2. The van der Waals surface area contributed by atoms with E-state index in [0.717, 1.165) is 11.1 Å². The number of ether oxygens (including phenoxy) is 1. The Labute approximate surface area is 157 Å². The second-order valence-electron chi connectivity index (χ2n) is 6.80. The number of hydrogen-bond donors (Lipinski definition) is 2. The Bertz CT molecular complexity index is 976. The molecule has 140 valence electrons. The minimum atomic E-state index is -0.103. The first-order chi connectivity index (χ1) is 13.1. The Hall–Kier alpha value is -2.93. The van der Waals surface area contributed by atoms with E-state index in [1.807, 2.05) is 0 Å². The van der Waals surface area contributed by atoms with E-state index in [4.69, 9.17) is 4.74 Å². The van der Waals surface area contributed by atoms with Crippen LogP contribution in [0.2, 0.25) is 0 Å². The molecule has 0 aliphatic carbocycles. The van der Waals surface area contributed by atoms with Crippen LogP contribution in [0, 0.1) is 13.8 Å². The number of carbonyl (C=O) groups excluding carboxylic acids is 1. The predicted octanol–water partition coefficient (Wildman–Crippen LogP) is 2.66. The number of rotatable bonds is 4. The predicted molar refractivity (Wildman–Crippen MR) is 104 cm³/mol. The van der Waals surface area contributed by atoms with Gasteiger partial charge in [0.1, 0.15) is 11.5 Å². The summed E-state index contributed by atoms with van der Waals surface area (Å²) >= 11 is 0. The van der Waals surface area contributed by atoms with E-state index in [1.165, 1.54) is 22.8 Å². The van der Waals surface area contributed by atoms with Crippen molar-refractivity contribution in [3.05, 3.63) is 53.1 Å². The molecule has 0 unspecified atom stereocenters. The van der Waals surface area contributed by atoms with Crippen LogP contribution < -0.4 is 5.32 Å². The van der Waals surface area contributed by atoms with Crippen LogP contribution in [0.5, 0.6) is 0 Å². The highest BCUT2D eigenvalue weighted by Gasteiger charge is 2.20. The number of carbonyl (C=O) groups is 1. The maximum Gasteiger partial charge on any atom is 0.274 e. The second-order valence-corrected chi connectivity index (χ2v) is 6.80. The summed E-state index contributed by atoms with van der Waals surface area (Å²) < 4.78 is 5.29. The highest BCUT2D eigenvalue weighted by molar-refractivity contribution is 5.92. The number of hydrogen-bond acceptors (Lipinski definition) is 5. The lowest BCUT2D eigenvalue weighted by atomic mass is 10.1. The molecule has 1 amide bonds. The Morgan fingerprint density at radius 2 is 2.07 bits per heavy atom. The third-order valence-corrected chi connectivity index (χ3v) is 5.00. The molecule has 0 radical (unpaired) electrons. The van der Waals surface area contributed by atoms with Gasteiger partial charge in [0, 0.05) is 36.2 Å². The largest absolute Gasteiger partial charge is 0.378 e. The van der Waals surface area contributed by atoms with Gasteiger partial charge < -0.3 is 19.9 Å². The van der Waals surface area contributed by atoms with Crippen molar-refractivity contribution in [3.8, 4) is 0 Å². The van der Waals surface area contributed by atoms with Gasteiger partial charge in [-0.3, -0.25) is 9.78 Å². The number of aromatic nitrogens is 3. The molecule has 0 bridgehead atoms. The molecule has 1 fully saturated rings. The number of aromatic amines is 1. The van der Waals surface area contributed by atoms with Crippen LogP contribution in [0.4, 0.5) is 5.82 Å². The number of aryl methyl sites for hydroxylation is 2. The van der Waals surface area contributed by atoms with Crippen molar-refractivity contribution < 1.29 is 9.53 Å². The maximum absolute atomic E-state index is 12.5. The summed E-state index contributed by atoms with van der Waals surface area (Å²) in [5, 5.41) is 4.50. The molecule has 3 heterocycles. The van der Waals surface area contributed by atoms with Gasteiger partial charge in [-0.2, -0.15) is 0 Å². The standard InChI is InChI=1S/C20H23N5O2/c1-13-14(2)23-17-4-3-15(9-16(13)17)10-22-19-12-21-11-18(24-19)20(26)25-5-7-27-8-6-25/h3-4,9,11-12,23H,5-8,10H2,1-2H3,(H,22,24). The molecule has 3 aromatic rings. The van der Waals surface area contributed by atoms with E-state index in [-0.39, 0.29) is 5.91 Å². The van der Waals surface area contributed by atoms with Crippen molar-refractivity contribution >= 4 is 22.6 Å². The van der Waals surface area contributed by atoms with E-state index in [9.17, 15) is 4.79 Å². The van der Waals surface area contributed by atoms with Crippen LogP contribution in [0.3, 0.4) is 0 Å². The first-order valence-corrected chi connectivity index (χ1v) is 9.12. The molecule has 2 N–H and O–H groups in total. The average Bonchev–Trinajstić information content (AvgIpc) is 3.00. The average molecular weight is 365 g/mol. The number of benzene rings is 1. The van der Waals surface area contributed by atoms with E-state index in [2.05, 4.69) is 52.3 Å². The monoisotopic (exact) mass is 365 g/mol. The Balaban J connectivity index is 1.47. The topological polar surface area (TPSA) is 83.1 Å². The number of fused-ring (bicyclic) bond motifs is 1. The van der Waals surface area contributed by atoms with Crippen LogP contribution in [0.15, 0.2) is 30.6 Å². The maximum atomic E-state index is 12.5. The SMILES string of the molecule is Cc1[nH]c2ccc(CNc3cncc(C(=O)N4CCOCC4)n3)cc2c1C. The van der Waals surface area contributed by atoms with Gasteiger partial charge in [-0.05, 0) is 37.1 Å². The minimum absolute atomic E-state index is 0.103. The van der Waals surface area contributed by atoms with Crippen molar-refractivity contribution in [1.82, 2.24) is 19.9 Å². The van der Waals surface area contributed by atoms with Crippen molar-refractivity contribution in [2.24, 2.45) is 0 Å². The van der Waals surface area contributed by atoms with Crippen LogP contribution >= 0.6 is 0 Å². The molecule has 27 heavy (non-hydrogen) atoms. The summed E-state index contributed by atoms with van der Waals surface area (Å²) in [4.78, 5) is 26.3. The molecule has 1 saturated heterocycles. The summed E-state index contributed by atoms with van der Waals surface area (Å²) in [6.07, 6.45) is 3.15. The molecule has 0 spiro atoms. The van der Waals surface area contributed by atoms with Crippen LogP contribution in [0.1, 0.15) is 27.3 Å².